The summed E-state index contributed by atoms with van der Waals surface area (Å²) >= 11 is 6.52. The molecule has 10 heteroatoms. The predicted octanol–water partition coefficient (Wildman–Crippen LogP) is 2.71. The number of aromatic nitrogens is 4. The van der Waals surface area contributed by atoms with E-state index in [2.05, 4.69) is 10.1 Å². The van der Waals surface area contributed by atoms with Gasteiger partial charge >= 0.3 is 5.69 Å². The lowest BCUT2D eigenvalue weighted by molar-refractivity contribution is 0.0992. The van der Waals surface area contributed by atoms with E-state index in [9.17, 15) is 14.4 Å². The third-order valence-electron chi connectivity index (χ3n) is 5.32. The monoisotopic (exact) mass is 458 g/mol. The van der Waals surface area contributed by atoms with Gasteiger partial charge in [-0.2, -0.15) is 5.10 Å². The lowest BCUT2D eigenvalue weighted by Gasteiger charge is -2.20. The Labute approximate surface area is 190 Å². The highest BCUT2D eigenvalue weighted by atomic mass is 35.5. The van der Waals surface area contributed by atoms with E-state index in [1.54, 1.807) is 11.6 Å². The fraction of sp³-hybridized carbons (Fsp3) is 0.364. The third-order valence-corrected chi connectivity index (χ3v) is 5.71. The highest BCUT2D eigenvalue weighted by Gasteiger charge is 2.27. The minimum Gasteiger partial charge on any atom is -0.383 e. The van der Waals surface area contributed by atoms with Gasteiger partial charge in [0.25, 0.3) is 11.5 Å². The Morgan fingerprint density at radius 3 is 2.50 bits per heavy atom. The summed E-state index contributed by atoms with van der Waals surface area (Å²) in [5.74, 6) is -0.607. The first kappa shape index (κ1) is 23.3. The lowest BCUT2D eigenvalue weighted by Crippen LogP contribution is -2.39. The molecule has 0 unspecified atom stereocenters. The molecule has 0 spiro atoms. The first-order chi connectivity index (χ1) is 15.1. The molecule has 3 aromatic rings. The second-order valence-electron chi connectivity index (χ2n) is 7.76. The molecule has 0 aliphatic heterocycles. The molecule has 0 saturated heterocycles. The van der Waals surface area contributed by atoms with Crippen LogP contribution in [0.1, 0.15) is 46.9 Å². The topological polar surface area (TPSA) is 119 Å². The van der Waals surface area contributed by atoms with E-state index in [4.69, 9.17) is 17.3 Å². The van der Waals surface area contributed by atoms with Crippen LogP contribution < -0.4 is 21.9 Å². The number of benzene rings is 1. The maximum Gasteiger partial charge on any atom is 0.330 e. The molecule has 32 heavy (non-hydrogen) atoms. The maximum atomic E-state index is 13.3. The van der Waals surface area contributed by atoms with Gasteiger partial charge in [-0.3, -0.25) is 19.1 Å². The van der Waals surface area contributed by atoms with Crippen molar-refractivity contribution in [3.63, 3.8) is 0 Å². The van der Waals surface area contributed by atoms with Crippen LogP contribution in [-0.4, -0.2) is 32.3 Å². The van der Waals surface area contributed by atoms with E-state index in [0.717, 1.165) is 22.4 Å². The van der Waals surface area contributed by atoms with Crippen LogP contribution in [-0.2, 0) is 13.1 Å². The first-order valence-electron chi connectivity index (χ1n) is 10.3. The van der Waals surface area contributed by atoms with Crippen LogP contribution in [0.25, 0.3) is 0 Å². The Kier molecular flexibility index (Phi) is 6.88. The van der Waals surface area contributed by atoms with Crippen LogP contribution in [0, 0.1) is 13.8 Å². The van der Waals surface area contributed by atoms with Gasteiger partial charge < -0.3 is 10.6 Å². The van der Waals surface area contributed by atoms with Crippen molar-refractivity contribution in [3.05, 3.63) is 72.6 Å². The molecule has 0 aliphatic rings. The Hall–Kier alpha value is -3.33. The molecule has 1 amide bonds. The van der Waals surface area contributed by atoms with E-state index < -0.39 is 17.2 Å². The molecule has 2 aromatic heterocycles. The summed E-state index contributed by atoms with van der Waals surface area (Å²) in [6, 6.07) is 7.91. The molecule has 0 saturated carbocycles. The predicted molar refractivity (Wildman–Crippen MR) is 126 cm³/mol. The van der Waals surface area contributed by atoms with Gasteiger partial charge in [0, 0.05) is 13.6 Å². The zero-order valence-electron chi connectivity index (χ0n) is 18.6. The third kappa shape index (κ3) is 4.47. The van der Waals surface area contributed by atoms with E-state index in [1.165, 1.54) is 11.6 Å². The molecule has 0 aliphatic carbocycles. The molecular formula is C22H27ClN6O3. The fourth-order valence-electron chi connectivity index (χ4n) is 3.48. The van der Waals surface area contributed by atoms with Crippen molar-refractivity contribution in [2.75, 3.05) is 17.7 Å². The van der Waals surface area contributed by atoms with Crippen LogP contribution >= 0.6 is 11.6 Å². The molecule has 9 nitrogen and oxygen atoms in total. The van der Waals surface area contributed by atoms with Crippen LogP contribution in [0.3, 0.4) is 0 Å². The van der Waals surface area contributed by atoms with Crippen LogP contribution in [0.15, 0.2) is 33.9 Å². The number of aryl methyl sites for hydroxylation is 2. The SMILES string of the molecule is CCCCn1c(N)c(N(C)C(=O)c2c(C)nn(Cc3ccc(C)cc3)c2Cl)c(=O)[nH]c1=O. The number of hydrogen-bond donors (Lipinski definition) is 2. The standard InChI is InChI=1S/C22H27ClN6O3/c1-5-6-11-28-19(24)17(20(30)25-22(28)32)27(4)21(31)16-14(3)26-29(18(16)23)12-15-9-7-13(2)8-10-15/h7-10H,5-6,11-12,24H2,1-4H3,(H,25,30,32). The minimum atomic E-state index is -0.739. The number of carbonyl (C=O) groups excluding carboxylic acids is 1. The normalized spacial score (nSPS) is 11.0. The number of nitrogens with one attached hydrogen (secondary N) is 1. The number of nitrogens with two attached hydrogens (primary N) is 1. The van der Waals surface area contributed by atoms with Crippen LogP contribution in [0.5, 0.6) is 0 Å². The van der Waals surface area contributed by atoms with E-state index in [0.29, 0.717) is 25.2 Å². The quantitative estimate of drug-likeness (QED) is 0.564. The minimum absolute atomic E-state index is 0.0659. The van der Waals surface area contributed by atoms with Gasteiger partial charge in [-0.05, 0) is 25.8 Å². The molecule has 0 radical (unpaired) electrons. The summed E-state index contributed by atoms with van der Waals surface area (Å²) in [5, 5.41) is 4.57. The summed E-state index contributed by atoms with van der Waals surface area (Å²) in [7, 11) is 1.42. The molecule has 2 heterocycles. The molecule has 170 valence electrons. The van der Waals surface area contributed by atoms with Gasteiger partial charge in [-0.1, -0.05) is 54.8 Å². The number of rotatable bonds is 7. The maximum absolute atomic E-state index is 13.3. The van der Waals surface area contributed by atoms with Crippen molar-refractivity contribution in [3.8, 4) is 0 Å². The summed E-state index contributed by atoms with van der Waals surface area (Å²) in [5.41, 5.74) is 7.40. The average Bonchev–Trinajstić information content (AvgIpc) is 3.01. The number of hydrogen-bond acceptors (Lipinski definition) is 5. The molecule has 1 aromatic carbocycles. The molecule has 0 bridgehead atoms. The zero-order valence-corrected chi connectivity index (χ0v) is 19.4. The van der Waals surface area contributed by atoms with Gasteiger partial charge in [0.2, 0.25) is 0 Å². The number of nitrogens with zero attached hydrogens (tertiary/aromatic N) is 4. The van der Waals surface area contributed by atoms with E-state index in [1.807, 2.05) is 38.1 Å². The van der Waals surface area contributed by atoms with Crippen molar-refractivity contribution in [2.45, 2.75) is 46.7 Å². The van der Waals surface area contributed by atoms with Gasteiger partial charge in [0.05, 0.1) is 17.8 Å². The molecule has 3 rings (SSSR count). The van der Waals surface area contributed by atoms with E-state index >= 15 is 0 Å². The average molecular weight is 459 g/mol. The number of H-pyrrole nitrogens is 1. The fourth-order valence-corrected chi connectivity index (χ4v) is 3.79. The van der Waals surface area contributed by atoms with Crippen molar-refractivity contribution in [1.29, 1.82) is 0 Å². The van der Waals surface area contributed by atoms with Crippen LogP contribution in [0.4, 0.5) is 11.5 Å². The number of amides is 1. The number of aromatic amines is 1. The zero-order chi connectivity index (χ0) is 23.6. The first-order valence-corrected chi connectivity index (χ1v) is 10.7. The number of nitrogen functional groups attached to an aromatic ring is 1. The number of anilines is 2. The van der Waals surface area contributed by atoms with E-state index in [-0.39, 0.29) is 22.2 Å². The lowest BCUT2D eigenvalue weighted by atomic mass is 10.1. The second-order valence-corrected chi connectivity index (χ2v) is 8.11. The van der Waals surface area contributed by atoms with Gasteiger partial charge in [-0.25, -0.2) is 9.48 Å². The highest BCUT2D eigenvalue weighted by Crippen LogP contribution is 2.25. The van der Waals surface area contributed by atoms with Crippen LogP contribution in [0.2, 0.25) is 5.15 Å². The Morgan fingerprint density at radius 1 is 1.22 bits per heavy atom. The summed E-state index contributed by atoms with van der Waals surface area (Å²) in [6.07, 6.45) is 1.54. The van der Waals surface area contributed by atoms with Crippen molar-refractivity contribution >= 4 is 29.0 Å². The smallest absolute Gasteiger partial charge is 0.330 e. The van der Waals surface area contributed by atoms with Crippen molar-refractivity contribution in [1.82, 2.24) is 19.3 Å². The molecule has 3 N–H and O–H groups in total. The molecular weight excluding hydrogens is 432 g/mol. The summed E-state index contributed by atoms with van der Waals surface area (Å²) in [6.45, 7) is 6.37. The largest absolute Gasteiger partial charge is 0.383 e. The Bertz CT molecular complexity index is 1260. The number of unbranched alkanes of at least 4 members (excludes halogenated alkanes) is 1. The molecule has 0 fully saturated rings. The van der Waals surface area contributed by atoms with Crippen molar-refractivity contribution in [2.24, 2.45) is 0 Å². The summed E-state index contributed by atoms with van der Waals surface area (Å²) < 4.78 is 2.80. The Balaban J connectivity index is 1.98. The highest BCUT2D eigenvalue weighted by molar-refractivity contribution is 6.33. The molecule has 0 atom stereocenters. The van der Waals surface area contributed by atoms with Gasteiger partial charge in [0.15, 0.2) is 5.69 Å². The summed E-state index contributed by atoms with van der Waals surface area (Å²) in [4.78, 5) is 41.3. The Morgan fingerprint density at radius 2 is 1.88 bits per heavy atom. The van der Waals surface area contributed by atoms with Gasteiger partial charge in [-0.15, -0.1) is 0 Å². The van der Waals surface area contributed by atoms with Gasteiger partial charge in [0.1, 0.15) is 11.0 Å². The number of carbonyl (C=O) groups is 1. The number of halogens is 1. The second kappa shape index (κ2) is 9.44. The van der Waals surface area contributed by atoms with Crippen molar-refractivity contribution < 1.29 is 4.79 Å².